The van der Waals surface area contributed by atoms with Crippen LogP contribution in [0.4, 0.5) is 0 Å². The molecule has 1 aliphatic heterocycles. The number of nitrogens with one attached hydrogen (secondary N) is 1. The Morgan fingerprint density at radius 3 is 2.40 bits per heavy atom. The van der Waals surface area contributed by atoms with Gasteiger partial charge in [0.05, 0.1) is 20.1 Å². The number of rotatable bonds is 6. The van der Waals surface area contributed by atoms with Gasteiger partial charge in [0.15, 0.2) is 0 Å². The van der Waals surface area contributed by atoms with Crippen molar-refractivity contribution in [3.63, 3.8) is 0 Å². The molecule has 2 fully saturated rings. The fourth-order valence-corrected chi connectivity index (χ4v) is 4.11. The van der Waals surface area contributed by atoms with Crippen molar-refractivity contribution in [2.45, 2.75) is 24.8 Å². The molecule has 1 saturated carbocycles. The van der Waals surface area contributed by atoms with E-state index in [2.05, 4.69) is 5.32 Å². The summed E-state index contributed by atoms with van der Waals surface area (Å²) in [5.74, 6) is 0.716. The van der Waals surface area contributed by atoms with Crippen LogP contribution < -0.4 is 14.8 Å². The Labute approximate surface area is 181 Å². The highest BCUT2D eigenvalue weighted by molar-refractivity contribution is 6.30. The zero-order chi connectivity index (χ0) is 21.3. The number of carbonyl (C=O) groups is 2. The highest BCUT2D eigenvalue weighted by Gasteiger charge is 2.43. The summed E-state index contributed by atoms with van der Waals surface area (Å²) in [6.07, 6.45) is 2.03. The maximum Gasteiger partial charge on any atom is 0.253 e. The van der Waals surface area contributed by atoms with Gasteiger partial charge < -0.3 is 19.7 Å². The van der Waals surface area contributed by atoms with E-state index in [0.717, 1.165) is 18.4 Å². The summed E-state index contributed by atoms with van der Waals surface area (Å²) in [7, 11) is 3.20. The molecule has 0 spiro atoms. The Kier molecular flexibility index (Phi) is 5.86. The fourth-order valence-electron chi connectivity index (χ4n) is 3.99. The largest absolute Gasteiger partial charge is 0.497 e. The van der Waals surface area contributed by atoms with Gasteiger partial charge in [-0.25, -0.2) is 0 Å². The number of methoxy groups -OCH3 is 2. The molecule has 4 rings (SSSR count). The van der Waals surface area contributed by atoms with Crippen LogP contribution in [0.2, 0.25) is 5.02 Å². The molecule has 0 bridgehead atoms. The Bertz CT molecular complexity index is 943. The maximum absolute atomic E-state index is 13.1. The van der Waals surface area contributed by atoms with Gasteiger partial charge in [-0.1, -0.05) is 17.7 Å². The highest BCUT2D eigenvalue weighted by atomic mass is 35.5. The Morgan fingerprint density at radius 2 is 1.77 bits per heavy atom. The van der Waals surface area contributed by atoms with Crippen molar-refractivity contribution in [3.8, 4) is 11.5 Å². The summed E-state index contributed by atoms with van der Waals surface area (Å²) in [5.41, 5.74) is 1.46. The van der Waals surface area contributed by atoms with Gasteiger partial charge >= 0.3 is 0 Å². The molecule has 6 nitrogen and oxygen atoms in total. The SMILES string of the molecule is COc1ccc([C@H]2CN(C(=O)c3ccc(Cl)cc3)C[C@@H]2C(=O)NC2CC2)c(OC)c1. The number of amides is 2. The minimum absolute atomic E-state index is 0.00761. The zero-order valence-corrected chi connectivity index (χ0v) is 17.8. The van der Waals surface area contributed by atoms with E-state index in [4.69, 9.17) is 21.1 Å². The normalized spacial score (nSPS) is 20.7. The van der Waals surface area contributed by atoms with E-state index in [-0.39, 0.29) is 29.7 Å². The average molecular weight is 429 g/mol. The summed E-state index contributed by atoms with van der Waals surface area (Å²) >= 11 is 5.95. The van der Waals surface area contributed by atoms with Crippen LogP contribution in [0.15, 0.2) is 42.5 Å². The molecule has 1 heterocycles. The lowest BCUT2D eigenvalue weighted by Gasteiger charge is -2.21. The third kappa shape index (κ3) is 4.24. The summed E-state index contributed by atoms with van der Waals surface area (Å²) in [6.45, 7) is 0.798. The molecular weight excluding hydrogens is 404 g/mol. The molecule has 7 heteroatoms. The van der Waals surface area contributed by atoms with Crippen LogP contribution in [0.5, 0.6) is 11.5 Å². The number of hydrogen-bond acceptors (Lipinski definition) is 4. The predicted octanol–water partition coefficient (Wildman–Crippen LogP) is 3.49. The van der Waals surface area contributed by atoms with Crippen LogP contribution in [-0.2, 0) is 4.79 Å². The molecule has 0 radical (unpaired) electrons. The second kappa shape index (κ2) is 8.56. The van der Waals surface area contributed by atoms with Crippen molar-refractivity contribution < 1.29 is 19.1 Å². The monoisotopic (exact) mass is 428 g/mol. The molecule has 2 amide bonds. The molecule has 2 aromatic rings. The van der Waals surface area contributed by atoms with E-state index >= 15 is 0 Å². The van der Waals surface area contributed by atoms with Crippen molar-refractivity contribution in [1.82, 2.24) is 10.2 Å². The molecule has 0 unspecified atom stereocenters. The Balaban J connectivity index is 1.63. The number of hydrogen-bond donors (Lipinski definition) is 1. The van der Waals surface area contributed by atoms with E-state index in [9.17, 15) is 9.59 Å². The minimum atomic E-state index is -0.343. The number of carbonyl (C=O) groups excluding carboxylic acids is 2. The molecule has 30 heavy (non-hydrogen) atoms. The second-order valence-electron chi connectivity index (χ2n) is 7.82. The third-order valence-electron chi connectivity index (χ3n) is 5.80. The minimum Gasteiger partial charge on any atom is -0.497 e. The van der Waals surface area contributed by atoms with E-state index in [0.29, 0.717) is 35.2 Å². The quantitative estimate of drug-likeness (QED) is 0.764. The first-order valence-electron chi connectivity index (χ1n) is 10.1. The van der Waals surface area contributed by atoms with E-state index in [1.165, 1.54) is 0 Å². The van der Waals surface area contributed by atoms with Crippen LogP contribution in [0.25, 0.3) is 0 Å². The van der Waals surface area contributed by atoms with Crippen molar-refractivity contribution in [2.75, 3.05) is 27.3 Å². The van der Waals surface area contributed by atoms with Crippen molar-refractivity contribution in [1.29, 1.82) is 0 Å². The topological polar surface area (TPSA) is 67.9 Å². The van der Waals surface area contributed by atoms with Gasteiger partial charge in [0.2, 0.25) is 5.91 Å². The van der Waals surface area contributed by atoms with Gasteiger partial charge in [0, 0.05) is 47.3 Å². The summed E-state index contributed by atoms with van der Waals surface area (Å²) < 4.78 is 10.9. The van der Waals surface area contributed by atoms with Crippen LogP contribution in [-0.4, -0.2) is 50.1 Å². The number of ether oxygens (including phenoxy) is 2. The fraction of sp³-hybridized carbons (Fsp3) is 0.391. The molecule has 1 N–H and O–H groups in total. The van der Waals surface area contributed by atoms with Gasteiger partial charge in [-0.15, -0.1) is 0 Å². The summed E-state index contributed by atoms with van der Waals surface area (Å²) in [6, 6.07) is 12.7. The highest BCUT2D eigenvalue weighted by Crippen LogP contribution is 2.40. The zero-order valence-electron chi connectivity index (χ0n) is 17.1. The molecule has 2 aromatic carbocycles. The molecule has 1 aliphatic carbocycles. The van der Waals surface area contributed by atoms with Gasteiger partial charge in [-0.3, -0.25) is 9.59 Å². The predicted molar refractivity (Wildman–Crippen MR) is 114 cm³/mol. The Morgan fingerprint density at radius 1 is 1.03 bits per heavy atom. The Hall–Kier alpha value is -2.73. The molecule has 2 aliphatic rings. The van der Waals surface area contributed by atoms with E-state index in [1.54, 1.807) is 43.4 Å². The molecular formula is C23H25ClN2O4. The standard InChI is InChI=1S/C23H25ClN2O4/c1-29-17-9-10-18(21(11-17)30-2)19-12-26(13-20(19)22(27)25-16-7-8-16)23(28)14-3-5-15(24)6-4-14/h3-6,9-11,16,19-20H,7-8,12-13H2,1-2H3,(H,25,27)/t19-,20+/m1/s1. The number of nitrogens with zero attached hydrogens (tertiary/aromatic N) is 1. The lowest BCUT2D eigenvalue weighted by atomic mass is 9.87. The number of halogens is 1. The molecule has 1 saturated heterocycles. The average Bonchev–Trinajstić information content (AvgIpc) is 3.47. The summed E-state index contributed by atoms with van der Waals surface area (Å²) in [5, 5.41) is 3.68. The molecule has 158 valence electrons. The second-order valence-corrected chi connectivity index (χ2v) is 8.26. The van der Waals surface area contributed by atoms with Gasteiger partial charge in [0.1, 0.15) is 11.5 Å². The van der Waals surface area contributed by atoms with Gasteiger partial charge in [0.25, 0.3) is 5.91 Å². The third-order valence-corrected chi connectivity index (χ3v) is 6.05. The van der Waals surface area contributed by atoms with Crippen molar-refractivity contribution in [3.05, 3.63) is 58.6 Å². The molecule has 0 aromatic heterocycles. The first-order valence-corrected chi connectivity index (χ1v) is 10.4. The van der Waals surface area contributed by atoms with Crippen LogP contribution in [0.1, 0.15) is 34.7 Å². The van der Waals surface area contributed by atoms with Crippen LogP contribution in [0, 0.1) is 5.92 Å². The van der Waals surface area contributed by atoms with E-state index in [1.807, 2.05) is 18.2 Å². The first kappa shape index (κ1) is 20.5. The van der Waals surface area contributed by atoms with Crippen LogP contribution >= 0.6 is 11.6 Å². The van der Waals surface area contributed by atoms with Gasteiger partial charge in [-0.2, -0.15) is 0 Å². The smallest absolute Gasteiger partial charge is 0.253 e. The summed E-state index contributed by atoms with van der Waals surface area (Å²) in [4.78, 5) is 27.9. The lowest BCUT2D eigenvalue weighted by molar-refractivity contribution is -0.125. The van der Waals surface area contributed by atoms with Crippen molar-refractivity contribution in [2.24, 2.45) is 5.92 Å². The number of likely N-dealkylation sites (tertiary alicyclic amines) is 1. The number of benzene rings is 2. The van der Waals surface area contributed by atoms with Crippen molar-refractivity contribution >= 4 is 23.4 Å². The lowest BCUT2D eigenvalue weighted by Crippen LogP contribution is -2.36. The first-order chi connectivity index (χ1) is 14.5. The van der Waals surface area contributed by atoms with Gasteiger partial charge in [-0.05, 0) is 43.2 Å². The maximum atomic E-state index is 13.1. The van der Waals surface area contributed by atoms with Crippen LogP contribution in [0.3, 0.4) is 0 Å². The molecule has 2 atom stereocenters. The van der Waals surface area contributed by atoms with E-state index < -0.39 is 0 Å².